The fourth-order valence-corrected chi connectivity index (χ4v) is 2.96. The number of methoxy groups -OCH3 is 1. The molecule has 0 saturated carbocycles. The Morgan fingerprint density at radius 3 is 2.41 bits per heavy atom. The Morgan fingerprint density at radius 1 is 1.00 bits per heavy atom. The SMILES string of the molecule is COc1ccc(COc2ccc(CC(=O)O)cc2)cc1-c1cccc(Cl)c1. The van der Waals surface area contributed by atoms with E-state index in [2.05, 4.69) is 0 Å². The molecule has 3 rings (SSSR count). The molecule has 0 aromatic heterocycles. The van der Waals surface area contributed by atoms with Crippen LogP contribution in [0.25, 0.3) is 11.1 Å². The first-order valence-corrected chi connectivity index (χ1v) is 8.79. The third-order valence-corrected chi connectivity index (χ3v) is 4.32. The van der Waals surface area contributed by atoms with Gasteiger partial charge in [-0.3, -0.25) is 4.79 Å². The van der Waals surface area contributed by atoms with Crippen LogP contribution in [0.15, 0.2) is 66.7 Å². The third-order valence-electron chi connectivity index (χ3n) is 4.08. The lowest BCUT2D eigenvalue weighted by atomic mass is 10.0. The van der Waals surface area contributed by atoms with E-state index in [-0.39, 0.29) is 6.42 Å². The van der Waals surface area contributed by atoms with Crippen molar-refractivity contribution < 1.29 is 19.4 Å². The molecule has 0 atom stereocenters. The summed E-state index contributed by atoms with van der Waals surface area (Å²) in [5, 5.41) is 9.48. The molecule has 0 aliphatic heterocycles. The highest BCUT2D eigenvalue weighted by Gasteiger charge is 2.09. The van der Waals surface area contributed by atoms with E-state index in [9.17, 15) is 4.79 Å². The van der Waals surface area contributed by atoms with Crippen LogP contribution in [0.1, 0.15) is 11.1 Å². The minimum Gasteiger partial charge on any atom is -0.496 e. The van der Waals surface area contributed by atoms with Crippen molar-refractivity contribution in [1.82, 2.24) is 0 Å². The normalized spacial score (nSPS) is 10.4. The van der Waals surface area contributed by atoms with Crippen LogP contribution in [0.5, 0.6) is 11.5 Å². The van der Waals surface area contributed by atoms with Gasteiger partial charge in [0.1, 0.15) is 18.1 Å². The maximum Gasteiger partial charge on any atom is 0.307 e. The second-order valence-electron chi connectivity index (χ2n) is 6.05. The third kappa shape index (κ3) is 5.02. The van der Waals surface area contributed by atoms with Gasteiger partial charge in [0.05, 0.1) is 13.5 Å². The second-order valence-corrected chi connectivity index (χ2v) is 6.48. The summed E-state index contributed by atoms with van der Waals surface area (Å²) >= 11 is 6.11. The van der Waals surface area contributed by atoms with E-state index >= 15 is 0 Å². The number of aliphatic carboxylic acids is 1. The van der Waals surface area contributed by atoms with E-state index < -0.39 is 5.97 Å². The summed E-state index contributed by atoms with van der Waals surface area (Å²) < 4.78 is 11.3. The Morgan fingerprint density at radius 2 is 1.74 bits per heavy atom. The summed E-state index contributed by atoms with van der Waals surface area (Å²) in [6, 6.07) is 20.6. The Hall–Kier alpha value is -2.98. The minimum atomic E-state index is -0.851. The summed E-state index contributed by atoms with van der Waals surface area (Å²) in [6.07, 6.45) is 0.00174. The van der Waals surface area contributed by atoms with Gasteiger partial charge in [-0.2, -0.15) is 0 Å². The number of hydrogen-bond donors (Lipinski definition) is 1. The lowest BCUT2D eigenvalue weighted by Gasteiger charge is -2.12. The number of hydrogen-bond acceptors (Lipinski definition) is 3. The van der Waals surface area contributed by atoms with Crippen LogP contribution in [0.4, 0.5) is 0 Å². The molecular weight excluding hydrogens is 364 g/mol. The molecule has 0 unspecified atom stereocenters. The molecule has 0 fully saturated rings. The summed E-state index contributed by atoms with van der Waals surface area (Å²) in [6.45, 7) is 0.385. The van der Waals surface area contributed by atoms with Gasteiger partial charge in [-0.15, -0.1) is 0 Å². The number of ether oxygens (including phenoxy) is 2. The van der Waals surface area contributed by atoms with Crippen molar-refractivity contribution in [1.29, 1.82) is 0 Å². The van der Waals surface area contributed by atoms with E-state index in [1.807, 2.05) is 42.5 Å². The van der Waals surface area contributed by atoms with Gasteiger partial charge in [0.15, 0.2) is 0 Å². The number of carboxylic acid groups (broad SMARTS) is 1. The highest BCUT2D eigenvalue weighted by molar-refractivity contribution is 6.30. The van der Waals surface area contributed by atoms with Crippen molar-refractivity contribution in [2.24, 2.45) is 0 Å². The van der Waals surface area contributed by atoms with Crippen LogP contribution in [-0.4, -0.2) is 18.2 Å². The molecule has 27 heavy (non-hydrogen) atoms. The van der Waals surface area contributed by atoms with Crippen molar-refractivity contribution >= 4 is 17.6 Å². The molecule has 0 bridgehead atoms. The zero-order valence-electron chi connectivity index (χ0n) is 14.8. The van der Waals surface area contributed by atoms with E-state index in [0.29, 0.717) is 17.4 Å². The summed E-state index contributed by atoms with van der Waals surface area (Å²) in [7, 11) is 1.64. The quantitative estimate of drug-likeness (QED) is 0.608. The predicted octanol–water partition coefficient (Wildman–Crippen LogP) is 5.22. The van der Waals surface area contributed by atoms with E-state index in [1.165, 1.54) is 0 Å². The van der Waals surface area contributed by atoms with Crippen molar-refractivity contribution in [2.45, 2.75) is 13.0 Å². The lowest BCUT2D eigenvalue weighted by Crippen LogP contribution is -2.00. The highest BCUT2D eigenvalue weighted by atomic mass is 35.5. The van der Waals surface area contributed by atoms with Gasteiger partial charge in [-0.1, -0.05) is 41.9 Å². The molecule has 3 aromatic rings. The number of carbonyl (C=O) groups is 1. The fourth-order valence-electron chi connectivity index (χ4n) is 2.77. The van der Waals surface area contributed by atoms with Crippen LogP contribution >= 0.6 is 11.6 Å². The van der Waals surface area contributed by atoms with Gasteiger partial charge >= 0.3 is 5.97 Å². The Bertz CT molecular complexity index is 935. The molecule has 4 nitrogen and oxygen atoms in total. The first-order chi connectivity index (χ1) is 13.0. The van der Waals surface area contributed by atoms with E-state index in [4.69, 9.17) is 26.2 Å². The monoisotopic (exact) mass is 382 g/mol. The van der Waals surface area contributed by atoms with Crippen molar-refractivity contribution in [2.75, 3.05) is 7.11 Å². The molecule has 1 N–H and O–H groups in total. The average Bonchev–Trinajstić information content (AvgIpc) is 2.67. The van der Waals surface area contributed by atoms with E-state index in [0.717, 1.165) is 28.0 Å². The van der Waals surface area contributed by atoms with Gasteiger partial charge in [-0.25, -0.2) is 0 Å². The molecular formula is C22H19ClO4. The molecule has 0 aliphatic rings. The molecule has 138 valence electrons. The zero-order valence-corrected chi connectivity index (χ0v) is 15.6. The zero-order chi connectivity index (χ0) is 19.2. The lowest BCUT2D eigenvalue weighted by molar-refractivity contribution is -0.136. The molecule has 0 radical (unpaired) electrons. The molecule has 3 aromatic carbocycles. The van der Waals surface area contributed by atoms with Crippen LogP contribution in [0, 0.1) is 0 Å². The average molecular weight is 383 g/mol. The Balaban J connectivity index is 1.75. The molecule has 0 spiro atoms. The smallest absolute Gasteiger partial charge is 0.307 e. The number of carboxylic acids is 1. The maximum absolute atomic E-state index is 10.7. The largest absolute Gasteiger partial charge is 0.496 e. The number of halogens is 1. The van der Waals surface area contributed by atoms with Crippen LogP contribution in [-0.2, 0) is 17.8 Å². The second kappa shape index (κ2) is 8.60. The van der Waals surface area contributed by atoms with Crippen molar-refractivity contribution in [3.05, 3.63) is 82.9 Å². The summed E-state index contributed by atoms with van der Waals surface area (Å²) in [5.41, 5.74) is 3.64. The Kier molecular flexibility index (Phi) is 5.99. The van der Waals surface area contributed by atoms with Gasteiger partial charge in [0.2, 0.25) is 0 Å². The molecule has 0 heterocycles. The van der Waals surface area contributed by atoms with E-state index in [1.54, 1.807) is 31.4 Å². The van der Waals surface area contributed by atoms with Crippen LogP contribution in [0.2, 0.25) is 5.02 Å². The van der Waals surface area contributed by atoms with Crippen LogP contribution in [0.3, 0.4) is 0 Å². The van der Waals surface area contributed by atoms with Crippen LogP contribution < -0.4 is 9.47 Å². The van der Waals surface area contributed by atoms with Gasteiger partial charge in [0, 0.05) is 10.6 Å². The fraction of sp³-hybridized carbons (Fsp3) is 0.136. The van der Waals surface area contributed by atoms with Crippen molar-refractivity contribution in [3.63, 3.8) is 0 Å². The van der Waals surface area contributed by atoms with Gasteiger partial charge < -0.3 is 14.6 Å². The minimum absolute atomic E-state index is 0.00174. The molecule has 0 saturated heterocycles. The predicted molar refractivity (Wildman–Crippen MR) is 106 cm³/mol. The topological polar surface area (TPSA) is 55.8 Å². The standard InChI is InChI=1S/C22H19ClO4/c1-26-21-10-7-16(11-20(21)17-3-2-4-18(23)13-17)14-27-19-8-5-15(6-9-19)12-22(24)25/h2-11,13H,12,14H2,1H3,(H,24,25). The summed E-state index contributed by atoms with van der Waals surface area (Å²) in [5.74, 6) is 0.596. The first kappa shape index (κ1) is 18.8. The highest BCUT2D eigenvalue weighted by Crippen LogP contribution is 2.32. The number of rotatable bonds is 7. The molecule has 0 amide bonds. The number of benzene rings is 3. The van der Waals surface area contributed by atoms with Crippen molar-refractivity contribution in [3.8, 4) is 22.6 Å². The maximum atomic E-state index is 10.7. The first-order valence-electron chi connectivity index (χ1n) is 8.41. The van der Waals surface area contributed by atoms with Gasteiger partial charge in [0.25, 0.3) is 0 Å². The molecule has 5 heteroatoms. The molecule has 0 aliphatic carbocycles. The van der Waals surface area contributed by atoms with Gasteiger partial charge in [-0.05, 0) is 53.1 Å². The Labute approximate surface area is 162 Å². The summed E-state index contributed by atoms with van der Waals surface area (Å²) in [4.78, 5) is 10.7.